The Bertz CT molecular complexity index is 683. The van der Waals surface area contributed by atoms with Crippen LogP contribution < -0.4 is 5.32 Å². The lowest BCUT2D eigenvalue weighted by Gasteiger charge is -2.22. The summed E-state index contributed by atoms with van der Waals surface area (Å²) in [7, 11) is 2.07. The predicted molar refractivity (Wildman–Crippen MR) is 99.8 cm³/mol. The maximum atomic E-state index is 5.47. The second kappa shape index (κ2) is 7.83. The highest BCUT2D eigenvalue weighted by Gasteiger charge is 2.15. The molecular weight excluding hydrogens is 346 g/mol. The highest BCUT2D eigenvalue weighted by molar-refractivity contribution is 7.73. The van der Waals surface area contributed by atoms with Gasteiger partial charge < -0.3 is 5.32 Å². The number of thiazole rings is 1. The molecule has 0 spiro atoms. The molecule has 0 atom stereocenters. The van der Waals surface area contributed by atoms with Gasteiger partial charge >= 0.3 is 0 Å². The summed E-state index contributed by atoms with van der Waals surface area (Å²) in [5.41, 5.74) is 1.11. The second-order valence-corrected chi connectivity index (χ2v) is 8.85. The van der Waals surface area contributed by atoms with Crippen LogP contribution in [0.1, 0.15) is 42.8 Å². The van der Waals surface area contributed by atoms with Gasteiger partial charge in [-0.1, -0.05) is 30.6 Å². The second-order valence-electron chi connectivity index (χ2n) is 6.17. The molecule has 0 aromatic carbocycles. The highest BCUT2D eigenvalue weighted by Crippen LogP contribution is 2.23. The van der Waals surface area contributed by atoms with E-state index in [1.165, 1.54) is 32.1 Å². The molecule has 8 heteroatoms. The molecule has 0 bridgehead atoms. The Morgan fingerprint density at radius 2 is 2.17 bits per heavy atom. The molecule has 1 aliphatic carbocycles. The van der Waals surface area contributed by atoms with Crippen molar-refractivity contribution in [3.8, 4) is 0 Å². The van der Waals surface area contributed by atoms with E-state index in [1.54, 1.807) is 22.7 Å². The molecule has 3 rings (SSSR count). The van der Waals surface area contributed by atoms with Crippen molar-refractivity contribution < 1.29 is 0 Å². The third-order valence-corrected chi connectivity index (χ3v) is 6.07. The molecule has 2 aromatic rings. The summed E-state index contributed by atoms with van der Waals surface area (Å²) >= 11 is 8.73. The van der Waals surface area contributed by atoms with Crippen molar-refractivity contribution >= 4 is 40.0 Å². The van der Waals surface area contributed by atoms with Crippen molar-refractivity contribution in [3.63, 3.8) is 0 Å². The van der Waals surface area contributed by atoms with Crippen molar-refractivity contribution in [2.45, 2.75) is 58.3 Å². The van der Waals surface area contributed by atoms with Crippen LogP contribution in [-0.2, 0) is 13.2 Å². The van der Waals surface area contributed by atoms with Gasteiger partial charge in [0.1, 0.15) is 0 Å². The van der Waals surface area contributed by atoms with Crippen molar-refractivity contribution in [3.05, 3.63) is 20.0 Å². The third-order valence-electron chi connectivity index (χ3n) is 4.01. The lowest BCUT2D eigenvalue weighted by Crippen LogP contribution is -2.24. The van der Waals surface area contributed by atoms with Crippen molar-refractivity contribution in [1.82, 2.24) is 19.7 Å². The van der Waals surface area contributed by atoms with Gasteiger partial charge in [-0.2, -0.15) is 0 Å². The van der Waals surface area contributed by atoms with Gasteiger partial charge in [0, 0.05) is 18.0 Å². The van der Waals surface area contributed by atoms with E-state index >= 15 is 0 Å². The Labute approximate surface area is 150 Å². The van der Waals surface area contributed by atoms with Gasteiger partial charge in [0.2, 0.25) is 5.13 Å². The lowest BCUT2D eigenvalue weighted by atomic mass is 9.96. The number of aryl methyl sites for hydroxylation is 1. The normalized spacial score (nSPS) is 16.1. The first kappa shape index (κ1) is 17.0. The molecule has 0 aliphatic heterocycles. The summed E-state index contributed by atoms with van der Waals surface area (Å²) in [4.78, 5) is 6.70. The van der Waals surface area contributed by atoms with Gasteiger partial charge in [-0.05, 0) is 39.0 Å². The fourth-order valence-electron chi connectivity index (χ4n) is 2.91. The molecule has 1 aliphatic rings. The van der Waals surface area contributed by atoms with Crippen molar-refractivity contribution in [2.75, 3.05) is 12.4 Å². The number of nitrogens with zero attached hydrogens (tertiary/aromatic N) is 4. The molecule has 2 aromatic heterocycles. The summed E-state index contributed by atoms with van der Waals surface area (Å²) in [6, 6.07) is 0.563. The maximum absolute atomic E-state index is 5.47. The van der Waals surface area contributed by atoms with Crippen molar-refractivity contribution in [2.24, 2.45) is 0 Å². The quantitative estimate of drug-likeness (QED) is 0.770. The number of rotatable bonds is 6. The zero-order valence-corrected chi connectivity index (χ0v) is 16.1. The highest BCUT2D eigenvalue weighted by atomic mass is 32.1. The summed E-state index contributed by atoms with van der Waals surface area (Å²) in [6.45, 7) is 3.54. The summed E-state index contributed by atoms with van der Waals surface area (Å²) in [6.07, 6.45) is 6.49. The molecule has 0 amide bonds. The number of nitrogens with one attached hydrogen (secondary N) is 1. The largest absolute Gasteiger partial charge is 0.357 e. The van der Waals surface area contributed by atoms with Crippen LogP contribution in [0.3, 0.4) is 0 Å². The Morgan fingerprint density at radius 3 is 2.87 bits per heavy atom. The van der Waals surface area contributed by atoms with Crippen LogP contribution in [0, 0.1) is 10.9 Å². The SMILES string of the molecule is Cc1nc(CN(C)Cn2nc(NC3CCCCC3)sc2=S)cs1. The smallest absolute Gasteiger partial charge is 0.204 e. The standard InChI is InChI=1S/C15H23N5S3/c1-11-16-13(9-22-11)8-19(2)10-20-15(21)23-14(18-20)17-12-6-4-3-5-7-12/h9,12H,3-8,10H2,1-2H3,(H,17,18). The van der Waals surface area contributed by atoms with Crippen LogP contribution in [0.15, 0.2) is 5.38 Å². The summed E-state index contributed by atoms with van der Waals surface area (Å²) in [5.74, 6) is 0. The van der Waals surface area contributed by atoms with E-state index in [9.17, 15) is 0 Å². The topological polar surface area (TPSA) is 46.0 Å². The summed E-state index contributed by atoms with van der Waals surface area (Å²) < 4.78 is 2.73. The van der Waals surface area contributed by atoms with Crippen LogP contribution in [0.5, 0.6) is 0 Å². The summed E-state index contributed by atoms with van der Waals surface area (Å²) in [5, 5.41) is 12.4. The molecule has 0 radical (unpaired) electrons. The molecule has 2 heterocycles. The molecular formula is C15H23N5S3. The van der Waals surface area contributed by atoms with Gasteiger partial charge in [0.25, 0.3) is 0 Å². The molecule has 0 unspecified atom stereocenters. The van der Waals surface area contributed by atoms with Crippen LogP contribution in [0.25, 0.3) is 0 Å². The molecule has 23 heavy (non-hydrogen) atoms. The first-order valence-corrected chi connectivity index (χ1v) is 10.1. The molecule has 1 saturated carbocycles. The Balaban J connectivity index is 1.58. The van der Waals surface area contributed by atoms with E-state index in [4.69, 9.17) is 12.2 Å². The van der Waals surface area contributed by atoms with Crippen LogP contribution in [-0.4, -0.2) is 32.8 Å². The van der Waals surface area contributed by atoms with E-state index in [1.807, 2.05) is 11.6 Å². The van der Waals surface area contributed by atoms with Crippen LogP contribution >= 0.6 is 34.9 Å². The lowest BCUT2D eigenvalue weighted by molar-refractivity contribution is 0.243. The van der Waals surface area contributed by atoms with E-state index in [2.05, 4.69) is 32.7 Å². The molecule has 5 nitrogen and oxygen atoms in total. The van der Waals surface area contributed by atoms with Crippen LogP contribution in [0.2, 0.25) is 0 Å². The molecule has 126 valence electrons. The minimum atomic E-state index is 0.563. The monoisotopic (exact) mass is 369 g/mol. The van der Waals surface area contributed by atoms with Crippen molar-refractivity contribution in [1.29, 1.82) is 0 Å². The van der Waals surface area contributed by atoms with Crippen LogP contribution in [0.4, 0.5) is 5.13 Å². The minimum Gasteiger partial charge on any atom is -0.357 e. The fraction of sp³-hybridized carbons (Fsp3) is 0.667. The van der Waals surface area contributed by atoms with E-state index in [-0.39, 0.29) is 0 Å². The number of anilines is 1. The van der Waals surface area contributed by atoms with E-state index in [0.29, 0.717) is 12.7 Å². The maximum Gasteiger partial charge on any atom is 0.204 e. The van der Waals surface area contributed by atoms with Gasteiger partial charge in [-0.3, -0.25) is 4.90 Å². The average molecular weight is 370 g/mol. The van der Waals surface area contributed by atoms with Gasteiger partial charge in [-0.25, -0.2) is 9.67 Å². The Hall–Kier alpha value is -0.830. The molecule has 1 N–H and O–H groups in total. The van der Waals surface area contributed by atoms with E-state index < -0.39 is 0 Å². The first-order chi connectivity index (χ1) is 11.1. The predicted octanol–water partition coefficient (Wildman–Crippen LogP) is 4.27. The van der Waals surface area contributed by atoms with E-state index in [0.717, 1.165) is 26.3 Å². The fourth-order valence-corrected chi connectivity index (χ4v) is 4.59. The number of aromatic nitrogens is 3. The zero-order valence-electron chi connectivity index (χ0n) is 13.6. The number of hydrogen-bond acceptors (Lipinski definition) is 7. The molecule has 1 fully saturated rings. The first-order valence-electron chi connectivity index (χ1n) is 8.04. The number of hydrogen-bond donors (Lipinski definition) is 1. The zero-order chi connectivity index (χ0) is 16.2. The average Bonchev–Trinajstić information content (AvgIpc) is 3.06. The third kappa shape index (κ3) is 4.82. The Morgan fingerprint density at radius 1 is 1.39 bits per heavy atom. The minimum absolute atomic E-state index is 0.563. The van der Waals surface area contributed by atoms with Gasteiger partial charge in [0.15, 0.2) is 3.95 Å². The van der Waals surface area contributed by atoms with Gasteiger partial charge in [-0.15, -0.1) is 16.4 Å². The Kier molecular flexibility index (Phi) is 5.79. The molecule has 0 saturated heterocycles. The van der Waals surface area contributed by atoms with Gasteiger partial charge in [0.05, 0.1) is 17.4 Å².